The molecule has 1 fully saturated rings. The summed E-state index contributed by atoms with van der Waals surface area (Å²) in [6.45, 7) is 3.99. The number of ether oxygens (including phenoxy) is 1. The molecule has 0 spiro atoms. The van der Waals surface area contributed by atoms with Crippen LogP contribution in [-0.2, 0) is 11.2 Å². The summed E-state index contributed by atoms with van der Waals surface area (Å²) in [6, 6.07) is 13.3. The van der Waals surface area contributed by atoms with Crippen LogP contribution in [0.5, 0.6) is 5.75 Å². The Morgan fingerprint density at radius 3 is 2.66 bits per heavy atom. The van der Waals surface area contributed by atoms with Crippen molar-refractivity contribution in [3.8, 4) is 17.3 Å². The average Bonchev–Trinajstić information content (AvgIpc) is 3.26. The number of piperidine rings is 1. The predicted octanol–water partition coefficient (Wildman–Crippen LogP) is 3.48. The van der Waals surface area contributed by atoms with Gasteiger partial charge in [0, 0.05) is 25.2 Å². The second-order valence-electron chi connectivity index (χ2n) is 7.08. The molecule has 0 bridgehead atoms. The van der Waals surface area contributed by atoms with Crippen LogP contribution in [0.25, 0.3) is 11.6 Å². The minimum absolute atomic E-state index is 0.148. The first kappa shape index (κ1) is 19.1. The zero-order chi connectivity index (χ0) is 20.1. The summed E-state index contributed by atoms with van der Waals surface area (Å²) in [4.78, 5) is 23.3. The van der Waals surface area contributed by atoms with Crippen LogP contribution in [0.2, 0.25) is 0 Å². The second-order valence-corrected chi connectivity index (χ2v) is 7.08. The molecular weight excluding hydrogens is 368 g/mol. The van der Waals surface area contributed by atoms with Crippen molar-refractivity contribution in [2.75, 3.05) is 19.7 Å². The fourth-order valence-electron chi connectivity index (χ4n) is 3.54. The average molecular weight is 392 g/mol. The van der Waals surface area contributed by atoms with Gasteiger partial charge in [-0.25, -0.2) is 0 Å². The van der Waals surface area contributed by atoms with Gasteiger partial charge in [0.25, 0.3) is 5.89 Å². The van der Waals surface area contributed by atoms with Gasteiger partial charge in [-0.15, -0.1) is 0 Å². The molecular formula is C22H24N4O3. The third kappa shape index (κ3) is 4.62. The molecule has 0 N–H and O–H groups in total. The summed E-state index contributed by atoms with van der Waals surface area (Å²) in [5.41, 5.74) is 1.67. The van der Waals surface area contributed by atoms with Crippen LogP contribution in [0.1, 0.15) is 37.1 Å². The Labute approximate surface area is 169 Å². The van der Waals surface area contributed by atoms with E-state index in [2.05, 4.69) is 15.1 Å². The van der Waals surface area contributed by atoms with E-state index in [0.717, 1.165) is 24.2 Å². The molecule has 3 heterocycles. The van der Waals surface area contributed by atoms with E-state index in [4.69, 9.17) is 9.26 Å². The number of amides is 1. The van der Waals surface area contributed by atoms with E-state index in [0.29, 0.717) is 43.5 Å². The van der Waals surface area contributed by atoms with Crippen LogP contribution in [0.3, 0.4) is 0 Å². The molecule has 0 saturated carbocycles. The topological polar surface area (TPSA) is 81.4 Å². The van der Waals surface area contributed by atoms with Crippen molar-refractivity contribution in [2.24, 2.45) is 0 Å². The standard InChI is InChI=1S/C22H24N4O3/c1-2-28-18-8-6-16(7-9-18)15-20(27)26-13-10-17(11-14-26)21-24-22(29-25-21)19-5-3-4-12-23-19/h3-9,12,17H,2,10-11,13-15H2,1H3. The SMILES string of the molecule is CCOc1ccc(CC(=O)N2CCC(c3noc(-c4ccccn4)n3)CC2)cc1. The largest absolute Gasteiger partial charge is 0.494 e. The Morgan fingerprint density at radius 2 is 1.97 bits per heavy atom. The molecule has 0 radical (unpaired) electrons. The molecule has 0 unspecified atom stereocenters. The highest BCUT2D eigenvalue weighted by Crippen LogP contribution is 2.28. The molecule has 0 atom stereocenters. The molecule has 2 aromatic heterocycles. The van der Waals surface area contributed by atoms with E-state index >= 15 is 0 Å². The predicted molar refractivity (Wildman–Crippen MR) is 107 cm³/mol. The summed E-state index contributed by atoms with van der Waals surface area (Å²) in [5.74, 6) is 2.31. The Balaban J connectivity index is 1.31. The number of aromatic nitrogens is 3. The lowest BCUT2D eigenvalue weighted by Crippen LogP contribution is -2.39. The Bertz CT molecular complexity index is 932. The van der Waals surface area contributed by atoms with Crippen LogP contribution in [0.4, 0.5) is 0 Å². The van der Waals surface area contributed by atoms with E-state index in [9.17, 15) is 4.79 Å². The highest BCUT2D eigenvalue weighted by atomic mass is 16.5. The third-order valence-electron chi connectivity index (χ3n) is 5.13. The summed E-state index contributed by atoms with van der Waals surface area (Å²) in [5, 5.41) is 4.14. The summed E-state index contributed by atoms with van der Waals surface area (Å²) in [6.07, 6.45) is 3.77. The molecule has 7 nitrogen and oxygen atoms in total. The van der Waals surface area contributed by atoms with Crippen LogP contribution in [0, 0.1) is 0 Å². The van der Waals surface area contributed by atoms with Gasteiger partial charge < -0.3 is 14.2 Å². The fraction of sp³-hybridized carbons (Fsp3) is 0.364. The number of likely N-dealkylation sites (tertiary alicyclic amines) is 1. The van der Waals surface area contributed by atoms with Crippen LogP contribution in [0.15, 0.2) is 53.2 Å². The van der Waals surface area contributed by atoms with Crippen molar-refractivity contribution in [1.82, 2.24) is 20.0 Å². The first-order valence-electron chi connectivity index (χ1n) is 9.97. The number of pyridine rings is 1. The minimum atomic E-state index is 0.148. The maximum atomic E-state index is 12.6. The van der Waals surface area contributed by atoms with E-state index in [1.165, 1.54) is 0 Å². The quantitative estimate of drug-likeness (QED) is 0.639. The van der Waals surface area contributed by atoms with Gasteiger partial charge in [-0.05, 0) is 49.6 Å². The molecule has 7 heteroatoms. The van der Waals surface area contributed by atoms with Crippen molar-refractivity contribution in [3.63, 3.8) is 0 Å². The molecule has 1 aromatic carbocycles. The van der Waals surface area contributed by atoms with Crippen LogP contribution < -0.4 is 4.74 Å². The Hall–Kier alpha value is -3.22. The van der Waals surface area contributed by atoms with Crippen molar-refractivity contribution in [1.29, 1.82) is 0 Å². The van der Waals surface area contributed by atoms with Gasteiger partial charge in [0.1, 0.15) is 11.4 Å². The lowest BCUT2D eigenvalue weighted by Gasteiger charge is -2.30. The number of hydrogen-bond donors (Lipinski definition) is 0. The number of carbonyl (C=O) groups excluding carboxylic acids is 1. The smallest absolute Gasteiger partial charge is 0.276 e. The maximum absolute atomic E-state index is 12.6. The lowest BCUT2D eigenvalue weighted by molar-refractivity contribution is -0.131. The van der Waals surface area contributed by atoms with Gasteiger partial charge in [-0.2, -0.15) is 4.98 Å². The molecule has 1 aliphatic heterocycles. The van der Waals surface area contributed by atoms with Crippen molar-refractivity contribution in [2.45, 2.75) is 32.1 Å². The Morgan fingerprint density at radius 1 is 1.17 bits per heavy atom. The first-order valence-corrected chi connectivity index (χ1v) is 9.97. The molecule has 1 saturated heterocycles. The zero-order valence-corrected chi connectivity index (χ0v) is 16.5. The third-order valence-corrected chi connectivity index (χ3v) is 5.13. The van der Waals surface area contributed by atoms with Crippen LogP contribution in [-0.4, -0.2) is 45.6 Å². The van der Waals surface area contributed by atoms with Crippen molar-refractivity contribution in [3.05, 3.63) is 60.0 Å². The number of hydrogen-bond acceptors (Lipinski definition) is 6. The normalized spacial score (nSPS) is 14.7. The van der Waals surface area contributed by atoms with Crippen LogP contribution >= 0.6 is 0 Å². The highest BCUT2D eigenvalue weighted by Gasteiger charge is 2.27. The molecule has 0 aliphatic carbocycles. The van der Waals surface area contributed by atoms with Gasteiger partial charge >= 0.3 is 0 Å². The lowest BCUT2D eigenvalue weighted by atomic mass is 9.95. The van der Waals surface area contributed by atoms with E-state index in [-0.39, 0.29) is 11.8 Å². The van der Waals surface area contributed by atoms with E-state index in [1.54, 1.807) is 6.20 Å². The zero-order valence-electron chi connectivity index (χ0n) is 16.5. The fourth-order valence-corrected chi connectivity index (χ4v) is 3.54. The number of benzene rings is 1. The summed E-state index contributed by atoms with van der Waals surface area (Å²) in [7, 11) is 0. The number of nitrogens with zero attached hydrogens (tertiary/aromatic N) is 4. The first-order chi connectivity index (χ1) is 14.2. The Kier molecular flexibility index (Phi) is 5.84. The van der Waals surface area contributed by atoms with Gasteiger partial charge in [-0.3, -0.25) is 9.78 Å². The van der Waals surface area contributed by atoms with Gasteiger partial charge in [0.2, 0.25) is 5.91 Å². The van der Waals surface area contributed by atoms with Gasteiger partial charge in [-0.1, -0.05) is 23.4 Å². The molecule has 1 amide bonds. The number of rotatable bonds is 6. The second kappa shape index (κ2) is 8.86. The molecule has 3 aromatic rings. The van der Waals surface area contributed by atoms with E-state index < -0.39 is 0 Å². The molecule has 150 valence electrons. The summed E-state index contributed by atoms with van der Waals surface area (Å²) >= 11 is 0. The molecule has 29 heavy (non-hydrogen) atoms. The van der Waals surface area contributed by atoms with Gasteiger partial charge in [0.15, 0.2) is 5.82 Å². The van der Waals surface area contributed by atoms with Gasteiger partial charge in [0.05, 0.1) is 13.0 Å². The van der Waals surface area contributed by atoms with E-state index in [1.807, 2.05) is 54.3 Å². The highest BCUT2D eigenvalue weighted by molar-refractivity contribution is 5.79. The minimum Gasteiger partial charge on any atom is -0.494 e. The molecule has 4 rings (SSSR count). The number of carbonyl (C=O) groups is 1. The van der Waals surface area contributed by atoms with Crippen molar-refractivity contribution < 1.29 is 14.1 Å². The molecule has 1 aliphatic rings. The monoisotopic (exact) mass is 392 g/mol. The summed E-state index contributed by atoms with van der Waals surface area (Å²) < 4.78 is 10.8. The van der Waals surface area contributed by atoms with Crippen molar-refractivity contribution >= 4 is 5.91 Å². The maximum Gasteiger partial charge on any atom is 0.276 e.